The number of nitro benzene ring substituents is 1. The lowest BCUT2D eigenvalue weighted by molar-refractivity contribution is -0.384. The minimum Gasteiger partial charge on any atom is -0.307 e. The van der Waals surface area contributed by atoms with Crippen LogP contribution in [0.5, 0.6) is 0 Å². The van der Waals surface area contributed by atoms with Crippen LogP contribution in [0.1, 0.15) is 5.56 Å². The van der Waals surface area contributed by atoms with Crippen LogP contribution in [0.3, 0.4) is 0 Å². The number of non-ortho nitro benzene ring substituents is 1. The average molecular weight is 351 g/mol. The molecule has 0 aliphatic heterocycles. The van der Waals surface area contributed by atoms with Crippen LogP contribution in [0.15, 0.2) is 41.0 Å². The standard InChI is InChI=1S/C13H11BrN4O3/c1-8-5-12(15-7-11(8)14)17-13(19)16-9-3-2-4-10(6-9)18(20)21/h2-7H,1H3,(H2,15,16,17,19). The highest BCUT2D eigenvalue weighted by Gasteiger charge is 2.09. The van der Waals surface area contributed by atoms with E-state index in [-0.39, 0.29) is 5.69 Å². The zero-order valence-corrected chi connectivity index (χ0v) is 12.5. The number of nitrogens with zero attached hydrogens (tertiary/aromatic N) is 2. The van der Waals surface area contributed by atoms with E-state index in [9.17, 15) is 14.9 Å². The third-order valence-electron chi connectivity index (χ3n) is 2.60. The van der Waals surface area contributed by atoms with Gasteiger partial charge in [-0.15, -0.1) is 0 Å². The summed E-state index contributed by atoms with van der Waals surface area (Å²) in [5, 5.41) is 15.7. The predicted molar refractivity (Wildman–Crippen MR) is 82.4 cm³/mol. The number of aromatic nitrogens is 1. The van der Waals surface area contributed by atoms with Crippen molar-refractivity contribution in [3.8, 4) is 0 Å². The number of pyridine rings is 1. The van der Waals surface area contributed by atoms with Gasteiger partial charge in [0.15, 0.2) is 0 Å². The first-order chi connectivity index (χ1) is 9.95. The van der Waals surface area contributed by atoms with Crippen molar-refractivity contribution in [1.29, 1.82) is 0 Å². The Morgan fingerprint density at radius 1 is 1.33 bits per heavy atom. The largest absolute Gasteiger partial charge is 0.324 e. The Hall–Kier alpha value is -2.48. The topological polar surface area (TPSA) is 97.2 Å². The minimum atomic E-state index is -0.525. The van der Waals surface area contributed by atoms with Crippen LogP contribution in [0.4, 0.5) is 22.0 Å². The Morgan fingerprint density at radius 2 is 2.10 bits per heavy atom. The zero-order chi connectivity index (χ0) is 15.4. The first kappa shape index (κ1) is 14.9. The van der Waals surface area contributed by atoms with Crippen molar-refractivity contribution in [3.63, 3.8) is 0 Å². The average Bonchev–Trinajstić information content (AvgIpc) is 2.43. The van der Waals surface area contributed by atoms with Crippen LogP contribution in [-0.4, -0.2) is 15.9 Å². The van der Waals surface area contributed by atoms with E-state index in [1.807, 2.05) is 6.92 Å². The Morgan fingerprint density at radius 3 is 2.76 bits per heavy atom. The first-order valence-electron chi connectivity index (χ1n) is 5.90. The Kier molecular flexibility index (Phi) is 4.49. The number of nitro groups is 1. The number of hydrogen-bond acceptors (Lipinski definition) is 4. The maximum atomic E-state index is 11.8. The van der Waals surface area contributed by atoms with E-state index in [0.29, 0.717) is 11.5 Å². The highest BCUT2D eigenvalue weighted by Crippen LogP contribution is 2.19. The lowest BCUT2D eigenvalue weighted by Gasteiger charge is -2.08. The molecule has 8 heteroatoms. The normalized spacial score (nSPS) is 10.0. The Balaban J connectivity index is 2.06. The fourth-order valence-electron chi connectivity index (χ4n) is 1.58. The summed E-state index contributed by atoms with van der Waals surface area (Å²) in [7, 11) is 0. The zero-order valence-electron chi connectivity index (χ0n) is 11.0. The van der Waals surface area contributed by atoms with Crippen molar-refractivity contribution in [2.24, 2.45) is 0 Å². The van der Waals surface area contributed by atoms with Gasteiger partial charge in [-0.3, -0.25) is 15.4 Å². The molecular formula is C13H11BrN4O3. The summed E-state index contributed by atoms with van der Waals surface area (Å²) < 4.78 is 0.840. The molecule has 1 heterocycles. The van der Waals surface area contributed by atoms with Gasteiger partial charge in [0.25, 0.3) is 5.69 Å². The molecule has 2 rings (SSSR count). The monoisotopic (exact) mass is 350 g/mol. The fourth-order valence-corrected chi connectivity index (χ4v) is 1.80. The number of nitrogens with one attached hydrogen (secondary N) is 2. The van der Waals surface area contributed by atoms with E-state index in [2.05, 4.69) is 31.5 Å². The predicted octanol–water partition coefficient (Wildman–Crippen LogP) is 3.70. The summed E-state index contributed by atoms with van der Waals surface area (Å²) in [6.07, 6.45) is 1.58. The smallest absolute Gasteiger partial charge is 0.307 e. The van der Waals surface area contributed by atoms with Crippen LogP contribution in [0.25, 0.3) is 0 Å². The summed E-state index contributed by atoms with van der Waals surface area (Å²) in [4.78, 5) is 26.0. The van der Waals surface area contributed by atoms with Gasteiger partial charge >= 0.3 is 6.03 Å². The molecule has 0 bridgehead atoms. The highest BCUT2D eigenvalue weighted by atomic mass is 79.9. The molecule has 2 aromatic rings. The maximum Gasteiger partial charge on any atom is 0.324 e. The van der Waals surface area contributed by atoms with Crippen molar-refractivity contribution in [2.45, 2.75) is 6.92 Å². The van der Waals surface area contributed by atoms with E-state index < -0.39 is 11.0 Å². The molecule has 0 radical (unpaired) electrons. The molecule has 0 saturated carbocycles. The van der Waals surface area contributed by atoms with E-state index in [1.54, 1.807) is 18.3 Å². The lowest BCUT2D eigenvalue weighted by Crippen LogP contribution is -2.20. The molecule has 0 fully saturated rings. The molecule has 0 saturated heterocycles. The van der Waals surface area contributed by atoms with E-state index >= 15 is 0 Å². The molecule has 108 valence electrons. The molecule has 21 heavy (non-hydrogen) atoms. The number of carbonyl (C=O) groups excluding carboxylic acids is 1. The number of benzene rings is 1. The molecule has 0 unspecified atom stereocenters. The van der Waals surface area contributed by atoms with Gasteiger partial charge in [-0.2, -0.15) is 0 Å². The highest BCUT2D eigenvalue weighted by molar-refractivity contribution is 9.10. The summed E-state index contributed by atoms with van der Waals surface area (Å²) >= 11 is 3.32. The molecule has 1 aromatic carbocycles. The maximum absolute atomic E-state index is 11.8. The summed E-state index contributed by atoms with van der Waals surface area (Å²) in [6.45, 7) is 1.87. The van der Waals surface area contributed by atoms with Crippen LogP contribution in [0, 0.1) is 17.0 Å². The van der Waals surface area contributed by atoms with Crippen LogP contribution < -0.4 is 10.6 Å². The van der Waals surface area contributed by atoms with Crippen molar-refractivity contribution in [3.05, 3.63) is 56.7 Å². The molecule has 2 N–H and O–H groups in total. The summed E-state index contributed by atoms with van der Waals surface area (Å²) in [5.74, 6) is 0.388. The number of hydrogen-bond donors (Lipinski definition) is 2. The number of rotatable bonds is 3. The number of halogens is 1. The molecule has 7 nitrogen and oxygen atoms in total. The van der Waals surface area contributed by atoms with Crippen molar-refractivity contribution in [1.82, 2.24) is 4.98 Å². The Labute approximate surface area is 128 Å². The van der Waals surface area contributed by atoms with Crippen molar-refractivity contribution >= 4 is 39.2 Å². The summed E-state index contributed by atoms with van der Waals surface area (Å²) in [6, 6.07) is 6.87. The van der Waals surface area contributed by atoms with E-state index in [4.69, 9.17) is 0 Å². The van der Waals surface area contributed by atoms with Crippen LogP contribution >= 0.6 is 15.9 Å². The van der Waals surface area contributed by atoms with Crippen molar-refractivity contribution in [2.75, 3.05) is 10.6 Å². The minimum absolute atomic E-state index is 0.0922. The number of carbonyl (C=O) groups is 1. The van der Waals surface area contributed by atoms with Gasteiger partial charge < -0.3 is 5.32 Å². The third-order valence-corrected chi connectivity index (χ3v) is 3.43. The number of anilines is 2. The second kappa shape index (κ2) is 6.31. The number of aryl methyl sites for hydroxylation is 1. The van der Waals surface area contributed by atoms with Gasteiger partial charge in [0, 0.05) is 28.5 Å². The van der Waals surface area contributed by atoms with Gasteiger partial charge in [-0.05, 0) is 40.5 Å². The second-order valence-corrected chi connectivity index (χ2v) is 5.06. The molecule has 0 aliphatic carbocycles. The van der Waals surface area contributed by atoms with E-state index in [1.165, 1.54) is 18.2 Å². The van der Waals surface area contributed by atoms with Crippen LogP contribution in [0.2, 0.25) is 0 Å². The fraction of sp³-hybridized carbons (Fsp3) is 0.0769. The quantitative estimate of drug-likeness (QED) is 0.651. The summed E-state index contributed by atoms with van der Waals surface area (Å²) in [5.41, 5.74) is 1.16. The van der Waals surface area contributed by atoms with Gasteiger partial charge in [0.1, 0.15) is 5.82 Å². The molecule has 0 atom stereocenters. The number of urea groups is 1. The molecule has 0 aliphatic rings. The molecule has 0 spiro atoms. The van der Waals surface area contributed by atoms with Gasteiger partial charge in [0.2, 0.25) is 0 Å². The second-order valence-electron chi connectivity index (χ2n) is 4.21. The SMILES string of the molecule is Cc1cc(NC(=O)Nc2cccc([N+](=O)[O-])c2)ncc1Br. The third kappa shape index (κ3) is 3.99. The van der Waals surface area contributed by atoms with Crippen LogP contribution in [-0.2, 0) is 0 Å². The molecular weight excluding hydrogens is 340 g/mol. The molecule has 1 aromatic heterocycles. The Bertz CT molecular complexity index is 706. The lowest BCUT2D eigenvalue weighted by atomic mass is 10.3. The molecule has 2 amide bonds. The van der Waals surface area contributed by atoms with Gasteiger partial charge in [0.05, 0.1) is 4.92 Å². The first-order valence-corrected chi connectivity index (χ1v) is 6.69. The number of amides is 2. The van der Waals surface area contributed by atoms with Gasteiger partial charge in [-0.25, -0.2) is 9.78 Å². The van der Waals surface area contributed by atoms with Crippen molar-refractivity contribution < 1.29 is 9.72 Å². The van der Waals surface area contributed by atoms with E-state index in [0.717, 1.165) is 10.0 Å². The van der Waals surface area contributed by atoms with Gasteiger partial charge in [-0.1, -0.05) is 6.07 Å².